The average Bonchev–Trinajstić information content (AvgIpc) is 2.79. The van der Waals surface area contributed by atoms with Crippen LogP contribution in [0.15, 0.2) is 33.5 Å². The molecule has 3 heterocycles. The van der Waals surface area contributed by atoms with Gasteiger partial charge in [0.05, 0.1) is 13.2 Å². The fraction of sp³-hybridized carbons (Fsp3) is 0.353. The molecule has 0 radical (unpaired) electrons. The fourth-order valence-electron chi connectivity index (χ4n) is 2.89. The van der Waals surface area contributed by atoms with Crippen molar-refractivity contribution in [3.63, 3.8) is 0 Å². The first-order valence-electron chi connectivity index (χ1n) is 7.87. The van der Waals surface area contributed by atoms with E-state index < -0.39 is 0 Å². The molecule has 7 heteroatoms. The Hall–Kier alpha value is -2.67. The zero-order valence-electron chi connectivity index (χ0n) is 13.3. The highest BCUT2D eigenvalue weighted by Gasteiger charge is 2.15. The summed E-state index contributed by atoms with van der Waals surface area (Å²) in [5.41, 5.74) is 1.04. The Bertz CT molecular complexity index is 945. The van der Waals surface area contributed by atoms with Crippen LogP contribution in [0.4, 0.5) is 0 Å². The Kier molecular flexibility index (Phi) is 3.78. The van der Waals surface area contributed by atoms with E-state index in [-0.39, 0.29) is 5.63 Å². The minimum absolute atomic E-state index is 0.300. The average molecular weight is 327 g/mol. The van der Waals surface area contributed by atoms with Crippen LogP contribution in [0.3, 0.4) is 0 Å². The monoisotopic (exact) mass is 327 g/mol. The molecule has 1 aromatic carbocycles. The van der Waals surface area contributed by atoms with E-state index in [1.165, 1.54) is 6.07 Å². The molecule has 2 aromatic heterocycles. The number of nitrogens with zero attached hydrogens (tertiary/aromatic N) is 3. The van der Waals surface area contributed by atoms with Gasteiger partial charge in [0.1, 0.15) is 23.8 Å². The predicted octanol–water partition coefficient (Wildman–Crippen LogP) is 1.84. The van der Waals surface area contributed by atoms with Crippen molar-refractivity contribution in [3.8, 4) is 5.75 Å². The molecule has 1 aliphatic heterocycles. The van der Waals surface area contributed by atoms with Crippen molar-refractivity contribution in [1.29, 1.82) is 0 Å². The molecule has 0 bridgehead atoms. The molecule has 0 unspecified atom stereocenters. The second-order valence-electron chi connectivity index (χ2n) is 5.74. The van der Waals surface area contributed by atoms with Crippen molar-refractivity contribution in [2.75, 3.05) is 13.2 Å². The molecule has 3 aromatic rings. The molecular weight excluding hydrogens is 310 g/mol. The molecule has 4 rings (SSSR count). The molecule has 124 valence electrons. The molecule has 0 fully saturated rings. The number of benzene rings is 1. The highest BCUT2D eigenvalue weighted by molar-refractivity contribution is 5.81. The van der Waals surface area contributed by atoms with E-state index >= 15 is 0 Å². The highest BCUT2D eigenvalue weighted by atomic mass is 16.5. The standard InChI is InChI=1S/C17H17N3O4/c1-11-8-17(21)24-14-9-12(2-3-13(11)14)23-10-16-19-18-15-4-6-22-7-5-20(15)16/h2-3,8-9H,4-7,10H2,1H3. The second-order valence-corrected chi connectivity index (χ2v) is 5.74. The Balaban J connectivity index is 1.57. The van der Waals surface area contributed by atoms with E-state index in [2.05, 4.69) is 10.2 Å². The van der Waals surface area contributed by atoms with Crippen LogP contribution < -0.4 is 10.4 Å². The maximum Gasteiger partial charge on any atom is 0.336 e. The van der Waals surface area contributed by atoms with Gasteiger partial charge < -0.3 is 18.5 Å². The van der Waals surface area contributed by atoms with E-state index in [4.69, 9.17) is 13.9 Å². The number of ether oxygens (including phenoxy) is 2. The van der Waals surface area contributed by atoms with Crippen molar-refractivity contribution in [1.82, 2.24) is 14.8 Å². The minimum atomic E-state index is -0.361. The van der Waals surface area contributed by atoms with Crippen LogP contribution in [0.2, 0.25) is 0 Å². The lowest BCUT2D eigenvalue weighted by Gasteiger charge is -2.09. The summed E-state index contributed by atoms with van der Waals surface area (Å²) < 4.78 is 18.6. The molecule has 24 heavy (non-hydrogen) atoms. The number of hydrogen-bond donors (Lipinski definition) is 0. The Labute approximate surface area is 137 Å². The van der Waals surface area contributed by atoms with Crippen molar-refractivity contribution in [2.45, 2.75) is 26.5 Å². The van der Waals surface area contributed by atoms with Gasteiger partial charge in [-0.25, -0.2) is 4.79 Å². The molecule has 0 N–H and O–H groups in total. The van der Waals surface area contributed by atoms with Gasteiger partial charge in [0, 0.05) is 30.5 Å². The van der Waals surface area contributed by atoms with E-state index in [1.54, 1.807) is 6.07 Å². The predicted molar refractivity (Wildman–Crippen MR) is 86.1 cm³/mol. The Morgan fingerprint density at radius 3 is 3.08 bits per heavy atom. The number of aryl methyl sites for hydroxylation is 1. The van der Waals surface area contributed by atoms with Crippen molar-refractivity contribution < 1.29 is 13.9 Å². The number of fused-ring (bicyclic) bond motifs is 2. The van der Waals surface area contributed by atoms with Gasteiger partial charge in [-0.2, -0.15) is 0 Å². The van der Waals surface area contributed by atoms with Gasteiger partial charge in [-0.3, -0.25) is 0 Å². The first kappa shape index (κ1) is 14.9. The summed E-state index contributed by atoms with van der Waals surface area (Å²) in [6.45, 7) is 4.23. The lowest BCUT2D eigenvalue weighted by molar-refractivity contribution is 0.139. The Morgan fingerprint density at radius 2 is 2.17 bits per heavy atom. The van der Waals surface area contributed by atoms with E-state index in [0.29, 0.717) is 31.2 Å². The summed E-state index contributed by atoms with van der Waals surface area (Å²) in [6, 6.07) is 6.96. The van der Waals surface area contributed by atoms with Crippen LogP contribution in [0.1, 0.15) is 17.2 Å². The molecule has 0 aliphatic carbocycles. The third kappa shape index (κ3) is 2.78. The van der Waals surface area contributed by atoms with E-state index in [9.17, 15) is 4.79 Å². The summed E-state index contributed by atoms with van der Waals surface area (Å²) in [5, 5.41) is 9.30. The van der Waals surface area contributed by atoms with Gasteiger partial charge in [-0.1, -0.05) is 0 Å². The summed E-state index contributed by atoms with van der Waals surface area (Å²) in [6.07, 6.45) is 0.757. The van der Waals surface area contributed by atoms with Crippen molar-refractivity contribution in [2.24, 2.45) is 0 Å². The smallest absolute Gasteiger partial charge is 0.336 e. The van der Waals surface area contributed by atoms with E-state index in [0.717, 1.165) is 35.6 Å². The lowest BCUT2D eigenvalue weighted by Crippen LogP contribution is -2.10. The molecule has 0 saturated heterocycles. The van der Waals surface area contributed by atoms with Crippen LogP contribution in [0.5, 0.6) is 5.75 Å². The second kappa shape index (κ2) is 6.09. The zero-order chi connectivity index (χ0) is 16.5. The van der Waals surface area contributed by atoms with Crippen LogP contribution >= 0.6 is 0 Å². The minimum Gasteiger partial charge on any atom is -0.485 e. The van der Waals surface area contributed by atoms with Crippen molar-refractivity contribution in [3.05, 3.63) is 51.9 Å². The number of aromatic nitrogens is 3. The molecule has 1 aliphatic rings. The molecule has 7 nitrogen and oxygen atoms in total. The summed E-state index contributed by atoms with van der Waals surface area (Å²) in [5.74, 6) is 2.31. The first-order chi connectivity index (χ1) is 11.7. The normalized spacial score (nSPS) is 14.4. The summed E-state index contributed by atoms with van der Waals surface area (Å²) in [4.78, 5) is 11.5. The lowest BCUT2D eigenvalue weighted by atomic mass is 10.1. The fourth-order valence-corrected chi connectivity index (χ4v) is 2.89. The maximum atomic E-state index is 11.5. The summed E-state index contributed by atoms with van der Waals surface area (Å²) in [7, 11) is 0. The zero-order valence-corrected chi connectivity index (χ0v) is 13.3. The van der Waals surface area contributed by atoms with Gasteiger partial charge in [0.15, 0.2) is 5.82 Å². The van der Waals surface area contributed by atoms with Gasteiger partial charge in [-0.05, 0) is 24.6 Å². The topological polar surface area (TPSA) is 79.4 Å². The van der Waals surface area contributed by atoms with Gasteiger partial charge >= 0.3 is 5.63 Å². The molecule has 0 atom stereocenters. The van der Waals surface area contributed by atoms with Gasteiger partial charge in [0.25, 0.3) is 0 Å². The van der Waals surface area contributed by atoms with Crippen LogP contribution in [0, 0.1) is 6.92 Å². The van der Waals surface area contributed by atoms with Crippen LogP contribution in [0.25, 0.3) is 11.0 Å². The van der Waals surface area contributed by atoms with Crippen LogP contribution in [-0.4, -0.2) is 28.0 Å². The highest BCUT2D eigenvalue weighted by Crippen LogP contribution is 2.23. The van der Waals surface area contributed by atoms with Crippen LogP contribution in [-0.2, 0) is 24.3 Å². The third-order valence-corrected chi connectivity index (χ3v) is 4.12. The van der Waals surface area contributed by atoms with E-state index in [1.807, 2.05) is 23.6 Å². The molecule has 0 amide bonds. The first-order valence-corrected chi connectivity index (χ1v) is 7.87. The maximum absolute atomic E-state index is 11.5. The molecule has 0 spiro atoms. The Morgan fingerprint density at radius 1 is 1.25 bits per heavy atom. The molecular formula is C17H17N3O4. The SMILES string of the molecule is Cc1cc(=O)oc2cc(OCc3nnc4n3CCOCC4)ccc12. The molecule has 0 saturated carbocycles. The van der Waals surface area contributed by atoms with Gasteiger partial charge in [-0.15, -0.1) is 10.2 Å². The van der Waals surface area contributed by atoms with Crippen molar-refractivity contribution >= 4 is 11.0 Å². The summed E-state index contributed by atoms with van der Waals surface area (Å²) >= 11 is 0. The van der Waals surface area contributed by atoms with Gasteiger partial charge in [0.2, 0.25) is 0 Å². The quantitative estimate of drug-likeness (QED) is 0.683. The largest absolute Gasteiger partial charge is 0.485 e. The third-order valence-electron chi connectivity index (χ3n) is 4.12. The number of rotatable bonds is 3. The number of hydrogen-bond acceptors (Lipinski definition) is 6.